The summed E-state index contributed by atoms with van der Waals surface area (Å²) in [7, 11) is 0. The molecule has 1 unspecified atom stereocenters. The van der Waals surface area contributed by atoms with E-state index in [2.05, 4.69) is 50.9 Å². The van der Waals surface area contributed by atoms with E-state index in [1.165, 1.54) is 17.3 Å². The van der Waals surface area contributed by atoms with E-state index in [1.807, 2.05) is 18.7 Å². The molecule has 0 radical (unpaired) electrons. The zero-order valence-electron chi connectivity index (χ0n) is 19.7. The molecule has 2 aromatic rings. The first-order valence-electron chi connectivity index (χ1n) is 11.9. The van der Waals surface area contributed by atoms with Crippen molar-refractivity contribution in [2.75, 3.05) is 37.7 Å². The predicted octanol–water partition coefficient (Wildman–Crippen LogP) is 3.46. The topological polar surface area (TPSA) is 80.6 Å². The molecule has 8 nitrogen and oxygen atoms in total. The third kappa shape index (κ3) is 5.34. The second kappa shape index (κ2) is 10.6. The Morgan fingerprint density at radius 3 is 2.39 bits per heavy atom. The first kappa shape index (κ1) is 23.6. The molecule has 2 aliphatic heterocycles. The van der Waals surface area contributed by atoms with Crippen LogP contribution >= 0.6 is 11.8 Å². The van der Waals surface area contributed by atoms with Crippen molar-refractivity contribution in [1.82, 2.24) is 19.7 Å². The van der Waals surface area contributed by atoms with Crippen LogP contribution in [0.2, 0.25) is 0 Å². The van der Waals surface area contributed by atoms with E-state index in [1.54, 1.807) is 0 Å². The monoisotopic (exact) mass is 471 g/mol. The second-order valence-corrected chi connectivity index (χ2v) is 10.1. The van der Waals surface area contributed by atoms with Crippen molar-refractivity contribution in [3.8, 4) is 5.69 Å². The van der Waals surface area contributed by atoms with E-state index < -0.39 is 0 Å². The number of esters is 1. The van der Waals surface area contributed by atoms with Gasteiger partial charge in [-0.2, -0.15) is 0 Å². The maximum Gasteiger partial charge on any atom is 0.309 e. The van der Waals surface area contributed by atoms with Crippen molar-refractivity contribution in [3.05, 3.63) is 29.8 Å². The standard InChI is InChI=1S/C24H33N5O3S/c1-4-32-22(31)19-11-15-27(16-12-19)21(30)18(3)33-24-26-25-23(28-13-5-6-14-28)29(24)20-9-7-17(2)8-10-20/h7-10,18-19H,4-6,11-16H2,1-3H3. The first-order chi connectivity index (χ1) is 16.0. The lowest BCUT2D eigenvalue weighted by atomic mass is 9.97. The SMILES string of the molecule is CCOC(=O)C1CCN(C(=O)C(C)Sc2nnc(N3CCCC3)n2-c2ccc(C)cc2)CC1. The Bertz CT molecular complexity index is 963. The summed E-state index contributed by atoms with van der Waals surface area (Å²) in [4.78, 5) is 29.3. The van der Waals surface area contributed by atoms with Crippen LogP contribution in [-0.2, 0) is 14.3 Å². The molecule has 9 heteroatoms. The summed E-state index contributed by atoms with van der Waals surface area (Å²) in [5.41, 5.74) is 2.20. The molecule has 2 saturated heterocycles. The summed E-state index contributed by atoms with van der Waals surface area (Å²) < 4.78 is 7.22. The molecule has 1 aromatic carbocycles. The Morgan fingerprint density at radius 2 is 1.76 bits per heavy atom. The third-order valence-corrected chi connectivity index (χ3v) is 7.38. The lowest BCUT2D eigenvalue weighted by Crippen LogP contribution is -2.43. The number of hydrogen-bond acceptors (Lipinski definition) is 7. The highest BCUT2D eigenvalue weighted by atomic mass is 32.2. The van der Waals surface area contributed by atoms with Crippen molar-refractivity contribution in [2.45, 2.75) is 56.9 Å². The third-order valence-electron chi connectivity index (χ3n) is 6.35. The number of carbonyl (C=O) groups is 2. The smallest absolute Gasteiger partial charge is 0.309 e. The number of nitrogens with zero attached hydrogens (tertiary/aromatic N) is 5. The molecule has 4 rings (SSSR count). The van der Waals surface area contributed by atoms with Crippen LogP contribution in [0.25, 0.3) is 5.69 Å². The quantitative estimate of drug-likeness (QED) is 0.452. The second-order valence-electron chi connectivity index (χ2n) is 8.76. The fourth-order valence-electron chi connectivity index (χ4n) is 4.44. The number of aromatic nitrogens is 3. The Kier molecular flexibility index (Phi) is 7.57. The van der Waals surface area contributed by atoms with Crippen molar-refractivity contribution in [3.63, 3.8) is 0 Å². The van der Waals surface area contributed by atoms with Crippen LogP contribution in [0.15, 0.2) is 29.4 Å². The number of anilines is 1. The van der Waals surface area contributed by atoms with Crippen molar-refractivity contribution in [2.24, 2.45) is 5.92 Å². The number of rotatable bonds is 7. The van der Waals surface area contributed by atoms with Gasteiger partial charge in [0.1, 0.15) is 0 Å². The number of amides is 1. The molecule has 1 atom stereocenters. The van der Waals surface area contributed by atoms with Crippen LogP contribution in [0.1, 0.15) is 45.1 Å². The van der Waals surface area contributed by atoms with Gasteiger partial charge in [-0.25, -0.2) is 0 Å². The minimum absolute atomic E-state index is 0.0727. The highest BCUT2D eigenvalue weighted by Gasteiger charge is 2.32. The molecule has 178 valence electrons. The van der Waals surface area contributed by atoms with Gasteiger partial charge in [0.25, 0.3) is 0 Å². The number of ether oxygens (including phenoxy) is 1. The van der Waals surface area contributed by atoms with Gasteiger partial charge in [-0.15, -0.1) is 10.2 Å². The fraction of sp³-hybridized carbons (Fsp3) is 0.583. The summed E-state index contributed by atoms with van der Waals surface area (Å²) in [5, 5.41) is 9.42. The average Bonchev–Trinajstić information content (AvgIpc) is 3.49. The zero-order chi connectivity index (χ0) is 23.4. The number of piperidine rings is 1. The molecule has 0 aliphatic carbocycles. The Labute approximate surface area is 199 Å². The molecule has 3 heterocycles. The van der Waals surface area contributed by atoms with E-state index >= 15 is 0 Å². The van der Waals surface area contributed by atoms with Gasteiger partial charge in [-0.1, -0.05) is 29.5 Å². The Balaban J connectivity index is 1.47. The van der Waals surface area contributed by atoms with Crippen molar-refractivity contribution in [1.29, 1.82) is 0 Å². The molecule has 2 aliphatic rings. The van der Waals surface area contributed by atoms with E-state index in [0.717, 1.165) is 42.7 Å². The van der Waals surface area contributed by atoms with Gasteiger partial charge in [0.15, 0.2) is 5.16 Å². The van der Waals surface area contributed by atoms with Crippen molar-refractivity contribution >= 4 is 29.6 Å². The summed E-state index contributed by atoms with van der Waals surface area (Å²) >= 11 is 1.45. The van der Waals surface area contributed by atoms with Crippen LogP contribution in [0.4, 0.5) is 5.95 Å². The minimum Gasteiger partial charge on any atom is -0.466 e. The predicted molar refractivity (Wildman–Crippen MR) is 129 cm³/mol. The lowest BCUT2D eigenvalue weighted by Gasteiger charge is -2.32. The van der Waals surface area contributed by atoms with Crippen LogP contribution < -0.4 is 4.90 Å². The van der Waals surface area contributed by atoms with Crippen LogP contribution in [0, 0.1) is 12.8 Å². The summed E-state index contributed by atoms with van der Waals surface area (Å²) in [6, 6.07) is 8.32. The molecule has 0 saturated carbocycles. The lowest BCUT2D eigenvalue weighted by molar-refractivity contribution is -0.151. The average molecular weight is 472 g/mol. The van der Waals surface area contributed by atoms with Gasteiger partial charge in [0.2, 0.25) is 11.9 Å². The number of aryl methyl sites for hydroxylation is 1. The molecule has 33 heavy (non-hydrogen) atoms. The number of carbonyl (C=O) groups excluding carboxylic acids is 2. The highest BCUT2D eigenvalue weighted by Crippen LogP contribution is 2.32. The number of thioether (sulfide) groups is 1. The van der Waals surface area contributed by atoms with Crippen LogP contribution in [0.5, 0.6) is 0 Å². The van der Waals surface area contributed by atoms with E-state index in [9.17, 15) is 9.59 Å². The minimum atomic E-state index is -0.302. The first-order valence-corrected chi connectivity index (χ1v) is 12.8. The van der Waals surface area contributed by atoms with Crippen LogP contribution in [0.3, 0.4) is 0 Å². The molecule has 1 amide bonds. The molecular weight excluding hydrogens is 438 g/mol. The molecule has 0 N–H and O–H groups in total. The molecular formula is C24H33N5O3S. The summed E-state index contributed by atoms with van der Waals surface area (Å²) in [6.07, 6.45) is 3.61. The van der Waals surface area contributed by atoms with Gasteiger partial charge < -0.3 is 14.5 Å². The molecule has 0 bridgehead atoms. The Morgan fingerprint density at radius 1 is 1.09 bits per heavy atom. The summed E-state index contributed by atoms with van der Waals surface area (Å²) in [5.74, 6) is 0.662. The van der Waals surface area contributed by atoms with E-state index in [4.69, 9.17) is 4.74 Å². The van der Waals surface area contributed by atoms with Gasteiger partial charge in [-0.3, -0.25) is 14.2 Å². The number of benzene rings is 1. The van der Waals surface area contributed by atoms with Gasteiger partial charge in [0.05, 0.1) is 23.5 Å². The van der Waals surface area contributed by atoms with Gasteiger partial charge in [-0.05, 0) is 58.6 Å². The zero-order valence-corrected chi connectivity index (χ0v) is 20.5. The van der Waals surface area contributed by atoms with Crippen molar-refractivity contribution < 1.29 is 14.3 Å². The largest absolute Gasteiger partial charge is 0.466 e. The molecule has 2 fully saturated rings. The maximum absolute atomic E-state index is 13.2. The maximum atomic E-state index is 13.2. The van der Waals surface area contributed by atoms with Gasteiger partial charge >= 0.3 is 5.97 Å². The fourth-order valence-corrected chi connectivity index (χ4v) is 5.39. The van der Waals surface area contributed by atoms with Gasteiger partial charge in [0, 0.05) is 26.2 Å². The Hall–Kier alpha value is -2.55. The van der Waals surface area contributed by atoms with Crippen LogP contribution in [-0.4, -0.2) is 69.6 Å². The highest BCUT2D eigenvalue weighted by molar-refractivity contribution is 8.00. The molecule has 0 spiro atoms. The van der Waals surface area contributed by atoms with E-state index in [-0.39, 0.29) is 23.0 Å². The normalized spacial score (nSPS) is 17.9. The molecule has 1 aromatic heterocycles. The van der Waals surface area contributed by atoms with E-state index in [0.29, 0.717) is 32.5 Å². The number of hydrogen-bond donors (Lipinski definition) is 0. The summed E-state index contributed by atoms with van der Waals surface area (Å²) in [6.45, 7) is 9.31. The number of likely N-dealkylation sites (tertiary alicyclic amines) is 1.